The molecule has 2 aromatic rings. The van der Waals surface area contributed by atoms with Gasteiger partial charge in [0.2, 0.25) is 0 Å². The summed E-state index contributed by atoms with van der Waals surface area (Å²) in [6.07, 6.45) is 1.93. The summed E-state index contributed by atoms with van der Waals surface area (Å²) >= 11 is 0. The molecular formula is C20H26N2O4S. The summed E-state index contributed by atoms with van der Waals surface area (Å²) in [4.78, 5) is 14.2. The van der Waals surface area contributed by atoms with E-state index in [-0.39, 0.29) is 10.8 Å². The normalized spacial score (nSPS) is 11.1. The molecule has 1 amide bonds. The Hall–Kier alpha value is -2.54. The lowest BCUT2D eigenvalue weighted by atomic mass is 10.2. The van der Waals surface area contributed by atoms with Crippen molar-refractivity contribution in [1.29, 1.82) is 0 Å². The van der Waals surface area contributed by atoms with Crippen LogP contribution in [0.1, 0.15) is 30.1 Å². The van der Waals surface area contributed by atoms with Gasteiger partial charge in [-0.25, -0.2) is 8.42 Å². The van der Waals surface area contributed by atoms with Crippen molar-refractivity contribution in [2.45, 2.75) is 24.7 Å². The van der Waals surface area contributed by atoms with Crippen molar-refractivity contribution in [1.82, 2.24) is 4.90 Å². The number of benzene rings is 2. The Morgan fingerprint density at radius 2 is 1.67 bits per heavy atom. The summed E-state index contributed by atoms with van der Waals surface area (Å²) in [5.74, 6) is 0.346. The lowest BCUT2D eigenvalue weighted by Crippen LogP contribution is -2.28. The van der Waals surface area contributed by atoms with Crippen LogP contribution in [0.3, 0.4) is 0 Å². The monoisotopic (exact) mass is 390 g/mol. The van der Waals surface area contributed by atoms with Gasteiger partial charge in [-0.3, -0.25) is 9.10 Å². The highest BCUT2D eigenvalue weighted by molar-refractivity contribution is 7.92. The number of ether oxygens (including phenoxy) is 1. The number of hydrogen-bond acceptors (Lipinski definition) is 4. The summed E-state index contributed by atoms with van der Waals surface area (Å²) < 4.78 is 32.3. The summed E-state index contributed by atoms with van der Waals surface area (Å²) in [5, 5.41) is 0. The minimum absolute atomic E-state index is 0.115. The molecule has 0 N–H and O–H groups in total. The van der Waals surface area contributed by atoms with E-state index in [1.165, 1.54) is 30.6 Å². The first-order chi connectivity index (χ1) is 12.8. The fourth-order valence-electron chi connectivity index (χ4n) is 2.66. The smallest absolute Gasteiger partial charge is 0.264 e. The van der Waals surface area contributed by atoms with Crippen LogP contribution in [0.15, 0.2) is 53.4 Å². The van der Waals surface area contributed by atoms with Crippen LogP contribution in [-0.4, -0.2) is 47.0 Å². The second-order valence-corrected chi connectivity index (χ2v) is 8.22. The van der Waals surface area contributed by atoms with Crippen LogP contribution in [0.5, 0.6) is 5.75 Å². The van der Waals surface area contributed by atoms with Crippen LogP contribution in [0.4, 0.5) is 5.69 Å². The van der Waals surface area contributed by atoms with Gasteiger partial charge in [-0.1, -0.05) is 25.5 Å². The molecule has 0 unspecified atom stereocenters. The zero-order chi connectivity index (χ0) is 20.0. The predicted octanol–water partition coefficient (Wildman–Crippen LogP) is 3.39. The molecule has 0 saturated carbocycles. The molecular weight excluding hydrogens is 364 g/mol. The van der Waals surface area contributed by atoms with E-state index < -0.39 is 10.0 Å². The highest BCUT2D eigenvalue weighted by Crippen LogP contribution is 2.30. The number of nitrogens with zero attached hydrogens (tertiary/aromatic N) is 2. The molecule has 146 valence electrons. The third-order valence-corrected chi connectivity index (χ3v) is 6.16. The highest BCUT2D eigenvalue weighted by Gasteiger charge is 2.24. The molecule has 2 aromatic carbocycles. The van der Waals surface area contributed by atoms with Crippen molar-refractivity contribution in [3.8, 4) is 5.75 Å². The quantitative estimate of drug-likeness (QED) is 0.693. The van der Waals surface area contributed by atoms with Crippen molar-refractivity contribution < 1.29 is 17.9 Å². The molecule has 0 bridgehead atoms. The van der Waals surface area contributed by atoms with E-state index in [2.05, 4.69) is 6.92 Å². The molecule has 0 aliphatic carbocycles. The fourth-order valence-corrected chi connectivity index (χ4v) is 3.87. The topological polar surface area (TPSA) is 66.9 Å². The minimum Gasteiger partial charge on any atom is -0.495 e. The summed E-state index contributed by atoms with van der Waals surface area (Å²) in [7, 11) is 0.947. The maximum atomic E-state index is 12.9. The number of sulfonamides is 1. The molecule has 0 aliphatic rings. The number of para-hydroxylation sites is 2. The number of carbonyl (C=O) groups is 1. The first-order valence-electron chi connectivity index (χ1n) is 8.80. The SMILES string of the molecule is CCCCN(C)C(=O)c1ccc(S(=O)(=O)N(C)c2ccccc2OC)cc1. The van der Waals surface area contributed by atoms with Gasteiger partial charge in [0, 0.05) is 26.2 Å². The maximum Gasteiger partial charge on any atom is 0.264 e. The molecule has 0 radical (unpaired) electrons. The van der Waals surface area contributed by atoms with E-state index in [1.54, 1.807) is 48.3 Å². The molecule has 27 heavy (non-hydrogen) atoms. The fraction of sp³-hybridized carbons (Fsp3) is 0.350. The Morgan fingerprint density at radius 1 is 1.04 bits per heavy atom. The van der Waals surface area contributed by atoms with E-state index in [9.17, 15) is 13.2 Å². The Balaban J connectivity index is 2.26. The first kappa shape index (κ1) is 20.8. The van der Waals surface area contributed by atoms with Crippen LogP contribution >= 0.6 is 0 Å². The molecule has 6 nitrogen and oxygen atoms in total. The molecule has 0 aliphatic heterocycles. The summed E-state index contributed by atoms with van der Waals surface area (Å²) in [5.41, 5.74) is 0.909. The molecule has 0 spiro atoms. The third-order valence-electron chi connectivity index (χ3n) is 4.38. The molecule has 7 heteroatoms. The molecule has 0 saturated heterocycles. The van der Waals surface area contributed by atoms with Gasteiger partial charge in [-0.05, 0) is 42.8 Å². The van der Waals surface area contributed by atoms with Crippen molar-refractivity contribution in [3.05, 3.63) is 54.1 Å². The van der Waals surface area contributed by atoms with Crippen molar-refractivity contribution in [3.63, 3.8) is 0 Å². The van der Waals surface area contributed by atoms with Crippen LogP contribution in [0.25, 0.3) is 0 Å². The molecule has 0 heterocycles. The van der Waals surface area contributed by atoms with E-state index in [1.807, 2.05) is 0 Å². The number of hydrogen-bond donors (Lipinski definition) is 0. The van der Waals surface area contributed by atoms with E-state index >= 15 is 0 Å². The molecule has 0 fully saturated rings. The van der Waals surface area contributed by atoms with Crippen LogP contribution in [-0.2, 0) is 10.0 Å². The Bertz CT molecular complexity index is 879. The maximum absolute atomic E-state index is 12.9. The van der Waals surface area contributed by atoms with Gasteiger partial charge >= 0.3 is 0 Å². The third kappa shape index (κ3) is 4.60. The van der Waals surface area contributed by atoms with E-state index in [4.69, 9.17) is 4.74 Å². The summed E-state index contributed by atoms with van der Waals surface area (Å²) in [6.45, 7) is 2.74. The van der Waals surface area contributed by atoms with Gasteiger partial charge in [-0.2, -0.15) is 0 Å². The average Bonchev–Trinajstić information content (AvgIpc) is 2.70. The standard InChI is InChI=1S/C20H26N2O4S/c1-5-6-15-21(2)20(23)16-11-13-17(14-12-16)27(24,25)22(3)18-9-7-8-10-19(18)26-4/h7-14H,5-6,15H2,1-4H3. The van der Waals surface area contributed by atoms with Crippen LogP contribution < -0.4 is 9.04 Å². The van der Waals surface area contributed by atoms with Crippen LogP contribution in [0, 0.1) is 0 Å². The number of anilines is 1. The van der Waals surface area contributed by atoms with Crippen molar-refractivity contribution >= 4 is 21.6 Å². The largest absolute Gasteiger partial charge is 0.495 e. The van der Waals surface area contributed by atoms with E-state index in [0.29, 0.717) is 23.5 Å². The van der Waals surface area contributed by atoms with Gasteiger partial charge in [0.25, 0.3) is 15.9 Å². The number of methoxy groups -OCH3 is 1. The Labute approximate surface area is 161 Å². The van der Waals surface area contributed by atoms with Gasteiger partial charge in [-0.15, -0.1) is 0 Å². The van der Waals surface area contributed by atoms with Gasteiger partial charge in [0.05, 0.1) is 17.7 Å². The predicted molar refractivity (Wildman–Crippen MR) is 107 cm³/mol. The van der Waals surface area contributed by atoms with Gasteiger partial charge in [0.15, 0.2) is 0 Å². The number of amides is 1. The van der Waals surface area contributed by atoms with Crippen molar-refractivity contribution in [2.75, 3.05) is 32.1 Å². The first-order valence-corrected chi connectivity index (χ1v) is 10.2. The highest BCUT2D eigenvalue weighted by atomic mass is 32.2. The van der Waals surface area contributed by atoms with Gasteiger partial charge in [0.1, 0.15) is 5.75 Å². The average molecular weight is 391 g/mol. The second kappa shape index (κ2) is 8.90. The summed E-state index contributed by atoms with van der Waals surface area (Å²) in [6, 6.07) is 12.9. The number of unbranched alkanes of at least 4 members (excludes halogenated alkanes) is 1. The number of rotatable bonds is 8. The zero-order valence-corrected chi connectivity index (χ0v) is 17.0. The molecule has 0 atom stereocenters. The lowest BCUT2D eigenvalue weighted by molar-refractivity contribution is 0.0793. The minimum atomic E-state index is -3.77. The Morgan fingerprint density at radius 3 is 2.26 bits per heavy atom. The lowest BCUT2D eigenvalue weighted by Gasteiger charge is -2.22. The Kier molecular flexibility index (Phi) is 6.85. The van der Waals surface area contributed by atoms with Crippen molar-refractivity contribution in [2.24, 2.45) is 0 Å². The van der Waals surface area contributed by atoms with E-state index in [0.717, 1.165) is 12.8 Å². The molecule has 0 aromatic heterocycles. The molecule has 2 rings (SSSR count). The second-order valence-electron chi connectivity index (χ2n) is 6.25. The van der Waals surface area contributed by atoms with Gasteiger partial charge < -0.3 is 9.64 Å². The number of carbonyl (C=O) groups excluding carboxylic acids is 1. The van der Waals surface area contributed by atoms with Crippen LogP contribution in [0.2, 0.25) is 0 Å². The zero-order valence-electron chi connectivity index (χ0n) is 16.2.